The highest BCUT2D eigenvalue weighted by molar-refractivity contribution is 5.98. The van der Waals surface area contributed by atoms with Crippen LogP contribution in [0.15, 0.2) is 12.1 Å². The first-order chi connectivity index (χ1) is 13.9. The van der Waals surface area contributed by atoms with E-state index in [1.807, 2.05) is 19.1 Å². The van der Waals surface area contributed by atoms with Crippen LogP contribution in [0.2, 0.25) is 0 Å². The molecule has 0 unspecified atom stereocenters. The van der Waals surface area contributed by atoms with E-state index in [9.17, 15) is 14.7 Å². The number of piperidine rings is 1. The van der Waals surface area contributed by atoms with Crippen LogP contribution < -0.4 is 14.8 Å². The Hall–Kier alpha value is -2.12. The Morgan fingerprint density at radius 2 is 2.07 bits per heavy atom. The Labute approximate surface area is 172 Å². The van der Waals surface area contributed by atoms with E-state index in [1.165, 1.54) is 0 Å². The van der Waals surface area contributed by atoms with Gasteiger partial charge < -0.3 is 29.6 Å². The third kappa shape index (κ3) is 5.93. The summed E-state index contributed by atoms with van der Waals surface area (Å²) in [6, 6.07) is 3.71. The second-order valence-corrected chi connectivity index (χ2v) is 8.12. The van der Waals surface area contributed by atoms with Crippen molar-refractivity contribution in [1.82, 2.24) is 10.2 Å². The van der Waals surface area contributed by atoms with E-state index in [-0.39, 0.29) is 17.6 Å². The summed E-state index contributed by atoms with van der Waals surface area (Å²) in [6.45, 7) is 7.33. The van der Waals surface area contributed by atoms with Gasteiger partial charge in [0.05, 0.1) is 24.9 Å². The molecule has 2 N–H and O–H groups in total. The first-order valence-electron chi connectivity index (χ1n) is 10.5. The van der Waals surface area contributed by atoms with Crippen molar-refractivity contribution in [3.63, 3.8) is 0 Å². The fourth-order valence-corrected chi connectivity index (χ4v) is 3.94. The number of fused-ring (bicyclic) bond motifs is 1. The Kier molecular flexibility index (Phi) is 7.50. The molecule has 2 aliphatic rings. The van der Waals surface area contributed by atoms with Gasteiger partial charge in [0, 0.05) is 31.8 Å². The van der Waals surface area contributed by atoms with Crippen molar-refractivity contribution >= 4 is 11.7 Å². The molecule has 0 spiro atoms. The SMILES string of the molecule is CC(=O)CCCN1CC[C@H](CNC(=O)c2cc(C)cc3c2OCCCO3)[C@H](O)C1. The van der Waals surface area contributed by atoms with Crippen LogP contribution in [0, 0.1) is 12.8 Å². The molecule has 0 aliphatic carbocycles. The molecule has 160 valence electrons. The molecule has 0 aromatic heterocycles. The zero-order chi connectivity index (χ0) is 20.8. The summed E-state index contributed by atoms with van der Waals surface area (Å²) in [5, 5.41) is 13.5. The van der Waals surface area contributed by atoms with Crippen LogP contribution in [0.3, 0.4) is 0 Å². The van der Waals surface area contributed by atoms with Gasteiger partial charge in [0.1, 0.15) is 5.78 Å². The van der Waals surface area contributed by atoms with Crippen molar-refractivity contribution in [1.29, 1.82) is 0 Å². The summed E-state index contributed by atoms with van der Waals surface area (Å²) < 4.78 is 11.5. The standard InChI is InChI=1S/C22H32N2O5/c1-15-11-18(21-20(12-15)28-9-4-10-29-21)22(27)23-13-17-6-8-24(14-19(17)26)7-3-5-16(2)25/h11-12,17,19,26H,3-10,13-14H2,1-2H3,(H,23,27)/t17-,19-/m1/s1. The van der Waals surface area contributed by atoms with Crippen LogP contribution in [0.4, 0.5) is 0 Å². The summed E-state index contributed by atoms with van der Waals surface area (Å²) >= 11 is 0. The maximum absolute atomic E-state index is 12.8. The van der Waals surface area contributed by atoms with E-state index in [0.717, 1.165) is 37.9 Å². The number of ether oxygens (including phenoxy) is 2. The number of aliphatic hydroxyl groups is 1. The first-order valence-corrected chi connectivity index (χ1v) is 10.5. The first kappa shape index (κ1) is 21.6. The topological polar surface area (TPSA) is 88.1 Å². The third-order valence-corrected chi connectivity index (χ3v) is 5.57. The van der Waals surface area contributed by atoms with Gasteiger partial charge in [0.15, 0.2) is 11.5 Å². The largest absolute Gasteiger partial charge is 0.490 e. The van der Waals surface area contributed by atoms with Crippen molar-refractivity contribution in [3.8, 4) is 11.5 Å². The van der Waals surface area contributed by atoms with Crippen LogP contribution in [0.5, 0.6) is 11.5 Å². The minimum atomic E-state index is -0.490. The molecule has 7 heteroatoms. The van der Waals surface area contributed by atoms with Gasteiger partial charge in [0.2, 0.25) is 0 Å². The molecule has 1 saturated heterocycles. The molecule has 1 fully saturated rings. The predicted octanol–water partition coefficient (Wildman–Crippen LogP) is 1.94. The third-order valence-electron chi connectivity index (χ3n) is 5.57. The molecule has 0 radical (unpaired) electrons. The number of rotatable bonds is 7. The van der Waals surface area contributed by atoms with Gasteiger partial charge in [-0.15, -0.1) is 0 Å². The molecule has 7 nitrogen and oxygen atoms in total. The number of Topliss-reactive ketones (excluding diaryl/α,β-unsaturated/α-hetero) is 1. The predicted molar refractivity (Wildman–Crippen MR) is 110 cm³/mol. The van der Waals surface area contributed by atoms with Gasteiger partial charge >= 0.3 is 0 Å². The van der Waals surface area contributed by atoms with Crippen LogP contribution in [-0.4, -0.2) is 67.2 Å². The molecule has 3 rings (SSSR count). The Morgan fingerprint density at radius 1 is 1.28 bits per heavy atom. The van der Waals surface area contributed by atoms with E-state index >= 15 is 0 Å². The van der Waals surface area contributed by atoms with Gasteiger partial charge in [0.25, 0.3) is 5.91 Å². The average molecular weight is 405 g/mol. The number of hydrogen-bond acceptors (Lipinski definition) is 6. The fourth-order valence-electron chi connectivity index (χ4n) is 3.94. The van der Waals surface area contributed by atoms with Crippen molar-refractivity contribution in [2.45, 2.75) is 45.6 Å². The minimum absolute atomic E-state index is 0.0172. The number of β-amino-alcohol motifs (C(OH)–C–C–N with tert-alkyl or cyclic N) is 1. The lowest BCUT2D eigenvalue weighted by Gasteiger charge is -2.36. The fraction of sp³-hybridized carbons (Fsp3) is 0.636. The Morgan fingerprint density at radius 3 is 2.83 bits per heavy atom. The van der Waals surface area contributed by atoms with E-state index in [4.69, 9.17) is 9.47 Å². The summed E-state index contributed by atoms with van der Waals surface area (Å²) in [4.78, 5) is 26.1. The molecular weight excluding hydrogens is 372 g/mol. The molecule has 2 heterocycles. The molecule has 0 bridgehead atoms. The molecule has 2 atom stereocenters. The lowest BCUT2D eigenvalue weighted by molar-refractivity contribution is -0.117. The van der Waals surface area contributed by atoms with Crippen molar-refractivity contribution in [3.05, 3.63) is 23.3 Å². The van der Waals surface area contributed by atoms with Gasteiger partial charge in [-0.1, -0.05) is 0 Å². The maximum atomic E-state index is 12.8. The molecule has 0 saturated carbocycles. The lowest BCUT2D eigenvalue weighted by Crippen LogP contribution is -2.47. The monoisotopic (exact) mass is 404 g/mol. The average Bonchev–Trinajstić information content (AvgIpc) is 2.91. The van der Waals surface area contributed by atoms with Gasteiger partial charge in [-0.25, -0.2) is 0 Å². The molecule has 2 aliphatic heterocycles. The Balaban J connectivity index is 1.54. The van der Waals surface area contributed by atoms with Crippen molar-refractivity contribution in [2.75, 3.05) is 39.4 Å². The van der Waals surface area contributed by atoms with Crippen LogP contribution in [0.25, 0.3) is 0 Å². The highest BCUT2D eigenvalue weighted by atomic mass is 16.5. The number of nitrogens with one attached hydrogen (secondary N) is 1. The summed E-state index contributed by atoms with van der Waals surface area (Å²) in [5.41, 5.74) is 1.43. The number of aliphatic hydroxyl groups excluding tert-OH is 1. The van der Waals surface area contributed by atoms with E-state index < -0.39 is 6.10 Å². The molecular formula is C22H32N2O5. The van der Waals surface area contributed by atoms with E-state index in [2.05, 4.69) is 10.2 Å². The maximum Gasteiger partial charge on any atom is 0.255 e. The van der Waals surface area contributed by atoms with Crippen molar-refractivity contribution < 1.29 is 24.2 Å². The van der Waals surface area contributed by atoms with Crippen molar-refractivity contribution in [2.24, 2.45) is 5.92 Å². The molecule has 1 aromatic rings. The zero-order valence-corrected chi connectivity index (χ0v) is 17.4. The number of nitrogens with zero attached hydrogens (tertiary/aromatic N) is 1. The summed E-state index contributed by atoms with van der Waals surface area (Å²) in [6.07, 6.45) is 2.51. The molecule has 1 amide bonds. The van der Waals surface area contributed by atoms with E-state index in [0.29, 0.717) is 49.8 Å². The van der Waals surface area contributed by atoms with Gasteiger partial charge in [-0.05, 0) is 57.5 Å². The smallest absolute Gasteiger partial charge is 0.255 e. The normalized spacial score (nSPS) is 22.0. The second-order valence-electron chi connectivity index (χ2n) is 8.12. The minimum Gasteiger partial charge on any atom is -0.490 e. The summed E-state index contributed by atoms with van der Waals surface area (Å²) in [5.74, 6) is 1.14. The van der Waals surface area contributed by atoms with Crippen LogP contribution in [-0.2, 0) is 4.79 Å². The Bertz CT molecular complexity index is 736. The number of hydrogen-bond donors (Lipinski definition) is 2. The molecule has 1 aromatic carbocycles. The number of aryl methyl sites for hydroxylation is 1. The van der Waals surface area contributed by atoms with E-state index in [1.54, 1.807) is 6.92 Å². The lowest BCUT2D eigenvalue weighted by atomic mass is 9.93. The quantitative estimate of drug-likeness (QED) is 0.722. The summed E-state index contributed by atoms with van der Waals surface area (Å²) in [7, 11) is 0. The number of likely N-dealkylation sites (tertiary alicyclic amines) is 1. The zero-order valence-electron chi connectivity index (χ0n) is 17.4. The van der Waals surface area contributed by atoms with Crippen LogP contribution in [0.1, 0.15) is 48.5 Å². The highest BCUT2D eigenvalue weighted by Gasteiger charge is 2.28. The highest BCUT2D eigenvalue weighted by Crippen LogP contribution is 2.34. The van der Waals surface area contributed by atoms with Gasteiger partial charge in [-0.3, -0.25) is 4.79 Å². The van der Waals surface area contributed by atoms with Gasteiger partial charge in [-0.2, -0.15) is 0 Å². The number of benzene rings is 1. The number of ketones is 1. The number of amides is 1. The number of carbonyl (C=O) groups is 2. The second kappa shape index (κ2) is 10.1. The van der Waals surface area contributed by atoms with Crippen LogP contribution >= 0.6 is 0 Å². The number of carbonyl (C=O) groups excluding carboxylic acids is 2. The molecule has 29 heavy (non-hydrogen) atoms.